The van der Waals surface area contributed by atoms with Crippen LogP contribution in [0.3, 0.4) is 0 Å². The lowest BCUT2D eigenvalue weighted by molar-refractivity contribution is -0.384. The van der Waals surface area contributed by atoms with Crippen molar-refractivity contribution in [3.63, 3.8) is 0 Å². The summed E-state index contributed by atoms with van der Waals surface area (Å²) in [7, 11) is 0. The van der Waals surface area contributed by atoms with E-state index in [1.807, 2.05) is 0 Å². The number of nitrogens with two attached hydrogens (primary N) is 1. The minimum atomic E-state index is -0.617. The zero-order valence-electron chi connectivity index (χ0n) is 10.7. The highest BCUT2D eigenvalue weighted by atomic mass is 19.1. The Morgan fingerprint density at radius 2 is 2.05 bits per heavy atom. The van der Waals surface area contributed by atoms with Crippen molar-refractivity contribution < 1.29 is 9.31 Å². The van der Waals surface area contributed by atoms with Crippen LogP contribution in [-0.4, -0.2) is 17.0 Å². The largest absolute Gasteiger partial charge is 0.375 e. The van der Waals surface area contributed by atoms with Gasteiger partial charge in [0.05, 0.1) is 4.92 Å². The molecule has 1 fully saturated rings. The standard InChI is InChI=1S/C13H18FN3O2/c14-10-5-4-6-11(17(18)19)12(10)16-9-13(15)7-2-1-3-8-13/h4-6,16H,1-3,7-9,15H2. The number of halogens is 1. The molecule has 2 rings (SSSR count). The first-order valence-electron chi connectivity index (χ1n) is 6.47. The minimum absolute atomic E-state index is 0.0668. The van der Waals surface area contributed by atoms with Gasteiger partial charge in [-0.2, -0.15) is 0 Å². The second-order valence-electron chi connectivity index (χ2n) is 5.17. The average molecular weight is 267 g/mol. The monoisotopic (exact) mass is 267 g/mol. The van der Waals surface area contributed by atoms with E-state index < -0.39 is 16.3 Å². The zero-order valence-corrected chi connectivity index (χ0v) is 10.7. The summed E-state index contributed by atoms with van der Waals surface area (Å²) in [6.07, 6.45) is 5.00. The summed E-state index contributed by atoms with van der Waals surface area (Å²) < 4.78 is 13.7. The predicted octanol–water partition coefficient (Wildman–Crippen LogP) is 2.81. The average Bonchev–Trinajstić information content (AvgIpc) is 2.38. The number of rotatable bonds is 4. The van der Waals surface area contributed by atoms with Crippen LogP contribution < -0.4 is 11.1 Å². The Kier molecular flexibility index (Phi) is 3.99. The molecule has 0 aliphatic heterocycles. The Morgan fingerprint density at radius 1 is 1.37 bits per heavy atom. The molecule has 0 saturated heterocycles. The summed E-state index contributed by atoms with van der Waals surface area (Å²) in [5, 5.41) is 13.7. The maximum Gasteiger partial charge on any atom is 0.295 e. The van der Waals surface area contributed by atoms with E-state index in [-0.39, 0.29) is 11.4 Å². The third-order valence-corrected chi connectivity index (χ3v) is 3.65. The van der Waals surface area contributed by atoms with Crippen LogP contribution in [0.25, 0.3) is 0 Å². The Balaban J connectivity index is 2.12. The van der Waals surface area contributed by atoms with Gasteiger partial charge in [-0.05, 0) is 18.9 Å². The normalized spacial score (nSPS) is 18.0. The van der Waals surface area contributed by atoms with Crippen LogP contribution >= 0.6 is 0 Å². The highest BCUT2D eigenvalue weighted by Gasteiger charge is 2.28. The van der Waals surface area contributed by atoms with E-state index in [2.05, 4.69) is 5.32 Å². The Morgan fingerprint density at radius 3 is 2.68 bits per heavy atom. The third kappa shape index (κ3) is 3.20. The number of nitro benzene ring substituents is 1. The van der Waals surface area contributed by atoms with Crippen molar-refractivity contribution in [2.45, 2.75) is 37.6 Å². The first kappa shape index (κ1) is 13.7. The molecule has 0 bridgehead atoms. The molecule has 19 heavy (non-hydrogen) atoms. The van der Waals surface area contributed by atoms with Gasteiger partial charge in [0.15, 0.2) is 5.82 Å². The molecule has 1 saturated carbocycles. The fourth-order valence-electron chi connectivity index (χ4n) is 2.54. The van der Waals surface area contributed by atoms with Crippen LogP contribution in [0.5, 0.6) is 0 Å². The summed E-state index contributed by atoms with van der Waals surface area (Å²) >= 11 is 0. The van der Waals surface area contributed by atoms with Gasteiger partial charge in [-0.3, -0.25) is 10.1 Å². The van der Waals surface area contributed by atoms with Crippen molar-refractivity contribution in [2.75, 3.05) is 11.9 Å². The molecule has 1 aromatic carbocycles. The van der Waals surface area contributed by atoms with Crippen molar-refractivity contribution in [1.82, 2.24) is 0 Å². The predicted molar refractivity (Wildman–Crippen MR) is 71.5 cm³/mol. The van der Waals surface area contributed by atoms with E-state index in [0.29, 0.717) is 6.54 Å². The highest BCUT2D eigenvalue weighted by Crippen LogP contribution is 2.30. The Bertz CT molecular complexity index is 473. The van der Waals surface area contributed by atoms with Crippen molar-refractivity contribution in [2.24, 2.45) is 5.73 Å². The number of para-hydroxylation sites is 1. The smallest absolute Gasteiger partial charge is 0.295 e. The maximum atomic E-state index is 13.7. The molecule has 0 radical (unpaired) electrons. The van der Waals surface area contributed by atoms with Gasteiger partial charge in [-0.15, -0.1) is 0 Å². The lowest BCUT2D eigenvalue weighted by Crippen LogP contribution is -2.47. The Hall–Kier alpha value is -1.69. The highest BCUT2D eigenvalue weighted by molar-refractivity contribution is 5.62. The van der Waals surface area contributed by atoms with E-state index in [4.69, 9.17) is 5.73 Å². The number of nitro groups is 1. The maximum absolute atomic E-state index is 13.7. The lowest BCUT2D eigenvalue weighted by Gasteiger charge is -2.33. The first-order chi connectivity index (χ1) is 9.02. The number of anilines is 1. The molecule has 6 heteroatoms. The van der Waals surface area contributed by atoms with Crippen LogP contribution in [0.1, 0.15) is 32.1 Å². The topological polar surface area (TPSA) is 81.2 Å². The van der Waals surface area contributed by atoms with E-state index in [1.165, 1.54) is 24.6 Å². The summed E-state index contributed by atoms with van der Waals surface area (Å²) in [5.41, 5.74) is 5.52. The lowest BCUT2D eigenvalue weighted by atomic mass is 9.82. The molecule has 0 aromatic heterocycles. The minimum Gasteiger partial charge on any atom is -0.375 e. The van der Waals surface area contributed by atoms with Crippen molar-refractivity contribution in [1.29, 1.82) is 0 Å². The van der Waals surface area contributed by atoms with Crippen LogP contribution in [0.15, 0.2) is 18.2 Å². The number of hydrogen-bond acceptors (Lipinski definition) is 4. The van der Waals surface area contributed by atoms with Crippen molar-refractivity contribution in [3.8, 4) is 0 Å². The van der Waals surface area contributed by atoms with E-state index in [9.17, 15) is 14.5 Å². The molecule has 104 valence electrons. The van der Waals surface area contributed by atoms with Gasteiger partial charge in [0.25, 0.3) is 5.69 Å². The number of nitrogens with one attached hydrogen (secondary N) is 1. The molecule has 5 nitrogen and oxygen atoms in total. The van der Waals surface area contributed by atoms with Crippen LogP contribution in [0.4, 0.5) is 15.8 Å². The number of nitrogens with zero attached hydrogens (tertiary/aromatic N) is 1. The number of hydrogen-bond donors (Lipinski definition) is 2. The van der Waals surface area contributed by atoms with Gasteiger partial charge < -0.3 is 11.1 Å². The van der Waals surface area contributed by atoms with Gasteiger partial charge in [0, 0.05) is 18.2 Å². The molecular weight excluding hydrogens is 249 g/mol. The van der Waals surface area contributed by atoms with E-state index >= 15 is 0 Å². The van der Waals surface area contributed by atoms with E-state index in [0.717, 1.165) is 25.7 Å². The summed E-state index contributed by atoms with van der Waals surface area (Å²) in [4.78, 5) is 10.3. The molecule has 0 unspecified atom stereocenters. The van der Waals surface area contributed by atoms with E-state index in [1.54, 1.807) is 0 Å². The quantitative estimate of drug-likeness (QED) is 0.649. The summed E-state index contributed by atoms with van der Waals surface area (Å²) in [6.45, 7) is 0.356. The van der Waals surface area contributed by atoms with Gasteiger partial charge in [-0.1, -0.05) is 25.3 Å². The molecule has 1 aliphatic carbocycles. The molecule has 0 spiro atoms. The molecule has 0 atom stereocenters. The summed E-state index contributed by atoms with van der Waals surface area (Å²) in [6, 6.07) is 3.83. The fourth-order valence-corrected chi connectivity index (χ4v) is 2.54. The van der Waals surface area contributed by atoms with Crippen LogP contribution in [0, 0.1) is 15.9 Å². The molecule has 0 amide bonds. The molecule has 0 heterocycles. The second-order valence-corrected chi connectivity index (χ2v) is 5.17. The zero-order chi connectivity index (χ0) is 13.9. The molecule has 3 N–H and O–H groups in total. The van der Waals surface area contributed by atoms with Gasteiger partial charge >= 0.3 is 0 Å². The number of benzene rings is 1. The van der Waals surface area contributed by atoms with Gasteiger partial charge in [0.1, 0.15) is 5.69 Å². The second kappa shape index (κ2) is 5.52. The van der Waals surface area contributed by atoms with Crippen molar-refractivity contribution in [3.05, 3.63) is 34.1 Å². The van der Waals surface area contributed by atoms with Gasteiger partial charge in [0.2, 0.25) is 0 Å². The van der Waals surface area contributed by atoms with Crippen LogP contribution in [0.2, 0.25) is 0 Å². The molecular formula is C13H18FN3O2. The van der Waals surface area contributed by atoms with Crippen molar-refractivity contribution >= 4 is 11.4 Å². The SMILES string of the molecule is NC1(CNc2c(F)cccc2[N+](=O)[O-])CCCCC1. The third-order valence-electron chi connectivity index (χ3n) is 3.65. The van der Waals surface area contributed by atoms with Gasteiger partial charge in [-0.25, -0.2) is 4.39 Å². The summed E-state index contributed by atoms with van der Waals surface area (Å²) in [5.74, 6) is -0.617. The fraction of sp³-hybridized carbons (Fsp3) is 0.538. The van der Waals surface area contributed by atoms with Crippen LogP contribution in [-0.2, 0) is 0 Å². The first-order valence-corrected chi connectivity index (χ1v) is 6.47. The molecule has 1 aliphatic rings. The molecule has 1 aromatic rings. The Labute approximate surface area is 111 Å².